The first-order valence-corrected chi connectivity index (χ1v) is 5.42. The standard InChI is InChI=1S/C12H17NO3/c1-16-12(15)10-6-7-11(13-9-10)5-3-2-4-8-14/h6-7,9,14H,2-5,8H2,1H3. The van der Waals surface area contributed by atoms with Gasteiger partial charge in [0.15, 0.2) is 0 Å². The molecule has 4 nitrogen and oxygen atoms in total. The highest BCUT2D eigenvalue weighted by Gasteiger charge is 2.04. The second-order valence-corrected chi connectivity index (χ2v) is 3.56. The molecule has 1 rings (SSSR count). The van der Waals surface area contributed by atoms with Crippen molar-refractivity contribution in [3.8, 4) is 0 Å². The Morgan fingerprint density at radius 3 is 2.75 bits per heavy atom. The molecule has 0 radical (unpaired) electrons. The van der Waals surface area contributed by atoms with E-state index < -0.39 is 0 Å². The van der Waals surface area contributed by atoms with Crippen LogP contribution in [0.2, 0.25) is 0 Å². The number of pyridine rings is 1. The SMILES string of the molecule is COC(=O)c1ccc(CCCCCO)nc1. The van der Waals surface area contributed by atoms with Crippen LogP contribution in [0.1, 0.15) is 35.3 Å². The number of carbonyl (C=O) groups excluding carboxylic acids is 1. The van der Waals surface area contributed by atoms with Crippen LogP contribution in [0.5, 0.6) is 0 Å². The van der Waals surface area contributed by atoms with Crippen molar-refractivity contribution in [1.29, 1.82) is 0 Å². The van der Waals surface area contributed by atoms with E-state index in [1.807, 2.05) is 6.07 Å². The number of unbranched alkanes of at least 4 members (excludes halogenated alkanes) is 2. The molecule has 88 valence electrons. The summed E-state index contributed by atoms with van der Waals surface area (Å²) in [4.78, 5) is 15.3. The summed E-state index contributed by atoms with van der Waals surface area (Å²) in [6, 6.07) is 3.56. The monoisotopic (exact) mass is 223 g/mol. The molecule has 0 spiro atoms. The number of methoxy groups -OCH3 is 1. The molecular formula is C12H17NO3. The highest BCUT2D eigenvalue weighted by molar-refractivity contribution is 5.88. The molecule has 0 unspecified atom stereocenters. The molecule has 0 atom stereocenters. The second kappa shape index (κ2) is 6.95. The molecule has 1 aromatic rings. The van der Waals surface area contributed by atoms with E-state index in [1.54, 1.807) is 6.07 Å². The van der Waals surface area contributed by atoms with Gasteiger partial charge in [-0.2, -0.15) is 0 Å². The summed E-state index contributed by atoms with van der Waals surface area (Å²) in [7, 11) is 1.35. The largest absolute Gasteiger partial charge is 0.465 e. The van der Waals surface area contributed by atoms with Gasteiger partial charge in [0.2, 0.25) is 0 Å². The number of aliphatic hydroxyl groups is 1. The number of hydrogen-bond acceptors (Lipinski definition) is 4. The highest BCUT2D eigenvalue weighted by atomic mass is 16.5. The third kappa shape index (κ3) is 3.98. The van der Waals surface area contributed by atoms with Crippen molar-refractivity contribution in [3.63, 3.8) is 0 Å². The first-order chi connectivity index (χ1) is 7.77. The third-order valence-corrected chi connectivity index (χ3v) is 2.34. The zero-order chi connectivity index (χ0) is 11.8. The Morgan fingerprint density at radius 2 is 2.19 bits per heavy atom. The average molecular weight is 223 g/mol. The van der Waals surface area contributed by atoms with E-state index in [0.717, 1.165) is 31.4 Å². The Bertz CT molecular complexity index is 322. The zero-order valence-electron chi connectivity index (χ0n) is 9.48. The van der Waals surface area contributed by atoms with Gasteiger partial charge in [0, 0.05) is 18.5 Å². The van der Waals surface area contributed by atoms with Gasteiger partial charge in [-0.3, -0.25) is 4.98 Å². The van der Waals surface area contributed by atoms with Crippen molar-refractivity contribution < 1.29 is 14.6 Å². The summed E-state index contributed by atoms with van der Waals surface area (Å²) in [5, 5.41) is 8.62. The topological polar surface area (TPSA) is 59.4 Å². The van der Waals surface area contributed by atoms with Crippen molar-refractivity contribution in [2.45, 2.75) is 25.7 Å². The van der Waals surface area contributed by atoms with Gasteiger partial charge in [0.05, 0.1) is 12.7 Å². The normalized spacial score (nSPS) is 10.1. The predicted molar refractivity (Wildman–Crippen MR) is 60.2 cm³/mol. The minimum absolute atomic E-state index is 0.245. The van der Waals surface area contributed by atoms with Crippen LogP contribution in [0.3, 0.4) is 0 Å². The maximum atomic E-state index is 11.1. The lowest BCUT2D eigenvalue weighted by Gasteiger charge is -2.02. The lowest BCUT2D eigenvalue weighted by molar-refractivity contribution is 0.0600. The first-order valence-electron chi connectivity index (χ1n) is 5.42. The van der Waals surface area contributed by atoms with Crippen LogP contribution in [0.15, 0.2) is 18.3 Å². The van der Waals surface area contributed by atoms with Gasteiger partial charge in [-0.05, 0) is 31.4 Å². The quantitative estimate of drug-likeness (QED) is 0.587. The lowest BCUT2D eigenvalue weighted by atomic mass is 10.1. The van der Waals surface area contributed by atoms with Crippen molar-refractivity contribution in [3.05, 3.63) is 29.6 Å². The molecule has 4 heteroatoms. The molecule has 0 aliphatic rings. The molecule has 0 bridgehead atoms. The predicted octanol–water partition coefficient (Wildman–Crippen LogP) is 1.57. The molecule has 0 saturated heterocycles. The fourth-order valence-electron chi connectivity index (χ4n) is 1.41. The zero-order valence-corrected chi connectivity index (χ0v) is 9.48. The smallest absolute Gasteiger partial charge is 0.339 e. The number of nitrogens with zero attached hydrogens (tertiary/aromatic N) is 1. The average Bonchev–Trinajstić information content (AvgIpc) is 2.34. The third-order valence-electron chi connectivity index (χ3n) is 2.34. The number of aliphatic hydroxyl groups excluding tert-OH is 1. The van der Waals surface area contributed by atoms with Gasteiger partial charge in [-0.25, -0.2) is 4.79 Å². The van der Waals surface area contributed by atoms with Crippen molar-refractivity contribution in [2.75, 3.05) is 13.7 Å². The van der Waals surface area contributed by atoms with E-state index in [1.165, 1.54) is 13.3 Å². The minimum atomic E-state index is -0.362. The molecule has 16 heavy (non-hydrogen) atoms. The van der Waals surface area contributed by atoms with Crippen LogP contribution in [-0.2, 0) is 11.2 Å². The van der Waals surface area contributed by atoms with Crippen molar-refractivity contribution in [1.82, 2.24) is 4.98 Å². The molecule has 0 amide bonds. The van der Waals surface area contributed by atoms with E-state index in [-0.39, 0.29) is 12.6 Å². The Kier molecular flexibility index (Phi) is 5.50. The van der Waals surface area contributed by atoms with Crippen molar-refractivity contribution >= 4 is 5.97 Å². The summed E-state index contributed by atoms with van der Waals surface area (Å²) in [5.41, 5.74) is 1.44. The van der Waals surface area contributed by atoms with Crippen LogP contribution in [-0.4, -0.2) is 29.8 Å². The molecule has 0 aromatic carbocycles. The van der Waals surface area contributed by atoms with Gasteiger partial charge in [-0.15, -0.1) is 0 Å². The van der Waals surface area contributed by atoms with Gasteiger partial charge < -0.3 is 9.84 Å². The number of aryl methyl sites for hydroxylation is 1. The maximum Gasteiger partial charge on any atom is 0.339 e. The number of aromatic nitrogens is 1. The summed E-state index contributed by atoms with van der Waals surface area (Å²) in [6.45, 7) is 0.245. The number of hydrogen-bond donors (Lipinski definition) is 1. The Hall–Kier alpha value is -1.42. The summed E-state index contributed by atoms with van der Waals surface area (Å²) < 4.78 is 4.58. The molecule has 0 aliphatic carbocycles. The van der Waals surface area contributed by atoms with E-state index >= 15 is 0 Å². The number of ether oxygens (including phenoxy) is 1. The van der Waals surface area contributed by atoms with Gasteiger partial charge >= 0.3 is 5.97 Å². The first kappa shape index (κ1) is 12.6. The molecule has 1 N–H and O–H groups in total. The molecule has 0 fully saturated rings. The van der Waals surface area contributed by atoms with Crippen LogP contribution in [0.4, 0.5) is 0 Å². The van der Waals surface area contributed by atoms with Gasteiger partial charge in [0.25, 0.3) is 0 Å². The Labute approximate surface area is 95.3 Å². The van der Waals surface area contributed by atoms with Gasteiger partial charge in [-0.1, -0.05) is 6.42 Å². The van der Waals surface area contributed by atoms with Crippen molar-refractivity contribution in [2.24, 2.45) is 0 Å². The fraction of sp³-hybridized carbons (Fsp3) is 0.500. The molecule has 1 aromatic heterocycles. The van der Waals surface area contributed by atoms with Gasteiger partial charge in [0.1, 0.15) is 0 Å². The van der Waals surface area contributed by atoms with Crippen LogP contribution in [0, 0.1) is 0 Å². The summed E-state index contributed by atoms with van der Waals surface area (Å²) >= 11 is 0. The fourth-order valence-corrected chi connectivity index (χ4v) is 1.41. The number of esters is 1. The van der Waals surface area contributed by atoms with E-state index in [4.69, 9.17) is 5.11 Å². The van der Waals surface area contributed by atoms with Crippen LogP contribution < -0.4 is 0 Å². The van der Waals surface area contributed by atoms with Crippen LogP contribution >= 0.6 is 0 Å². The summed E-state index contributed by atoms with van der Waals surface area (Å²) in [6.07, 6.45) is 5.25. The Balaban J connectivity index is 2.42. The molecule has 1 heterocycles. The number of carbonyl (C=O) groups is 1. The Morgan fingerprint density at radius 1 is 1.38 bits per heavy atom. The van der Waals surface area contributed by atoms with E-state index in [0.29, 0.717) is 5.56 Å². The summed E-state index contributed by atoms with van der Waals surface area (Å²) in [5.74, 6) is -0.362. The highest BCUT2D eigenvalue weighted by Crippen LogP contribution is 2.06. The van der Waals surface area contributed by atoms with E-state index in [2.05, 4.69) is 9.72 Å². The van der Waals surface area contributed by atoms with Crippen LogP contribution in [0.25, 0.3) is 0 Å². The molecular weight excluding hydrogens is 206 g/mol. The molecule has 0 aliphatic heterocycles. The molecule has 0 saturated carbocycles. The minimum Gasteiger partial charge on any atom is -0.465 e. The number of rotatable bonds is 6. The lowest BCUT2D eigenvalue weighted by Crippen LogP contribution is -2.02. The van der Waals surface area contributed by atoms with E-state index in [9.17, 15) is 4.79 Å². The maximum absolute atomic E-state index is 11.1. The second-order valence-electron chi connectivity index (χ2n) is 3.56.